The zero-order valence-electron chi connectivity index (χ0n) is 16.1. The number of alkyl halides is 1. The van der Waals surface area contributed by atoms with Crippen LogP contribution in [0, 0.1) is 12.8 Å². The molecule has 1 aromatic rings. The summed E-state index contributed by atoms with van der Waals surface area (Å²) < 4.78 is 0. The topological polar surface area (TPSA) is 27.6 Å². The van der Waals surface area contributed by atoms with Gasteiger partial charge in [-0.1, -0.05) is 49.9 Å². The molecule has 26 heavy (non-hydrogen) atoms. The molecule has 0 spiro atoms. The highest BCUT2D eigenvalue weighted by Gasteiger charge is 2.12. The van der Waals surface area contributed by atoms with Gasteiger partial charge in [-0.15, -0.1) is 24.4 Å². The zero-order valence-corrected chi connectivity index (χ0v) is 16.8. The molecule has 0 fully saturated rings. The molecule has 0 aliphatic heterocycles. The van der Waals surface area contributed by atoms with E-state index in [2.05, 4.69) is 31.7 Å². The monoisotopic (exact) mass is 371 g/mol. The number of benzene rings is 1. The molecule has 0 saturated heterocycles. The van der Waals surface area contributed by atoms with E-state index in [1.807, 2.05) is 67.5 Å². The van der Waals surface area contributed by atoms with Crippen LogP contribution in [0.3, 0.4) is 0 Å². The maximum absolute atomic E-state index is 5.78. The highest BCUT2D eigenvalue weighted by molar-refractivity contribution is 6.18. The van der Waals surface area contributed by atoms with Crippen molar-refractivity contribution >= 4 is 23.0 Å². The summed E-state index contributed by atoms with van der Waals surface area (Å²) in [5.74, 6) is 0.474. The van der Waals surface area contributed by atoms with Crippen molar-refractivity contribution in [2.24, 2.45) is 5.10 Å². The fourth-order valence-corrected chi connectivity index (χ4v) is 2.29. The van der Waals surface area contributed by atoms with Gasteiger partial charge in [0.15, 0.2) is 0 Å². The van der Waals surface area contributed by atoms with Gasteiger partial charge in [-0.25, -0.2) is 5.01 Å². The molecule has 0 radical (unpaired) electrons. The summed E-state index contributed by atoms with van der Waals surface area (Å²) in [6.07, 6.45) is 15.7. The molecule has 0 aliphatic carbocycles. The molecular weight excluding hydrogens is 342 g/mol. The Morgan fingerprint density at radius 2 is 1.96 bits per heavy atom. The van der Waals surface area contributed by atoms with Crippen molar-refractivity contribution in [1.82, 2.24) is 5.32 Å². The molecule has 0 heterocycles. The Kier molecular flexibility index (Phi) is 13.7. The Labute approximate surface area is 164 Å². The first-order valence-electron chi connectivity index (χ1n) is 8.65. The second kappa shape index (κ2) is 15.0. The Bertz CT molecular complexity index is 627. The Balaban J connectivity index is 0.00000301. The molecule has 1 rings (SSSR count). The van der Waals surface area contributed by atoms with Gasteiger partial charge in [0.25, 0.3) is 0 Å². The minimum atomic E-state index is 0.474. The van der Waals surface area contributed by atoms with Gasteiger partial charge < -0.3 is 5.32 Å². The smallest absolute Gasteiger partial charge is 0.0652 e. The summed E-state index contributed by atoms with van der Waals surface area (Å²) >= 11 is 5.78. The van der Waals surface area contributed by atoms with E-state index in [1.54, 1.807) is 0 Å². The minimum Gasteiger partial charge on any atom is -0.319 e. The van der Waals surface area contributed by atoms with Crippen molar-refractivity contribution in [3.05, 3.63) is 66.4 Å². The number of nitrogens with one attached hydrogen (secondary N) is 1. The number of halogens is 1. The van der Waals surface area contributed by atoms with Gasteiger partial charge in [0, 0.05) is 18.1 Å². The molecular formula is C22H30ClN3. The van der Waals surface area contributed by atoms with E-state index in [0.29, 0.717) is 5.88 Å². The number of hydrogen-bond donors (Lipinski definition) is 1. The molecule has 0 aromatic heterocycles. The first-order chi connectivity index (χ1) is 12.7. The number of hydrazone groups is 1. The molecule has 0 aliphatic rings. The molecule has 1 N–H and O–H groups in total. The highest BCUT2D eigenvalue weighted by Crippen LogP contribution is 2.24. The average Bonchev–Trinajstić information content (AvgIpc) is 2.71. The fourth-order valence-electron chi connectivity index (χ4n) is 2.20. The van der Waals surface area contributed by atoms with Gasteiger partial charge in [-0.2, -0.15) is 5.10 Å². The van der Waals surface area contributed by atoms with Crippen LogP contribution in [0.5, 0.6) is 0 Å². The van der Waals surface area contributed by atoms with Crippen LogP contribution in [0.25, 0.3) is 0 Å². The van der Waals surface area contributed by atoms with Gasteiger partial charge in [-0.3, -0.25) is 0 Å². The second-order valence-electron chi connectivity index (χ2n) is 5.27. The number of hydrogen-bond acceptors (Lipinski definition) is 3. The van der Waals surface area contributed by atoms with Gasteiger partial charge in [0.2, 0.25) is 0 Å². The minimum absolute atomic E-state index is 0.474. The van der Waals surface area contributed by atoms with E-state index in [0.717, 1.165) is 42.1 Å². The number of para-hydroxylation sites is 1. The van der Waals surface area contributed by atoms with Crippen molar-refractivity contribution in [2.45, 2.75) is 26.7 Å². The quantitative estimate of drug-likeness (QED) is 0.197. The first-order valence-corrected chi connectivity index (χ1v) is 9.18. The third-order valence-electron chi connectivity index (χ3n) is 3.60. The lowest BCUT2D eigenvalue weighted by Crippen LogP contribution is -2.21. The van der Waals surface area contributed by atoms with E-state index in [1.165, 1.54) is 0 Å². The summed E-state index contributed by atoms with van der Waals surface area (Å²) in [4.78, 5) is 0. The number of terminal acetylenes is 1. The predicted octanol–water partition coefficient (Wildman–Crippen LogP) is 5.37. The highest BCUT2D eigenvalue weighted by atomic mass is 35.5. The first kappa shape index (κ1) is 23.7. The molecule has 140 valence electrons. The van der Waals surface area contributed by atoms with Crippen LogP contribution in [0.4, 0.5) is 5.69 Å². The molecule has 3 nitrogen and oxygen atoms in total. The van der Waals surface area contributed by atoms with Crippen LogP contribution < -0.4 is 10.3 Å². The maximum Gasteiger partial charge on any atom is 0.0652 e. The van der Waals surface area contributed by atoms with E-state index in [-0.39, 0.29) is 0 Å². The van der Waals surface area contributed by atoms with Crippen LogP contribution in [-0.4, -0.2) is 25.2 Å². The van der Waals surface area contributed by atoms with Gasteiger partial charge >= 0.3 is 0 Å². The predicted molar refractivity (Wildman–Crippen MR) is 118 cm³/mol. The van der Waals surface area contributed by atoms with Gasteiger partial charge in [0.1, 0.15) is 0 Å². The number of anilines is 1. The summed E-state index contributed by atoms with van der Waals surface area (Å²) in [5.41, 5.74) is 3.97. The van der Waals surface area contributed by atoms with E-state index >= 15 is 0 Å². The van der Waals surface area contributed by atoms with E-state index in [4.69, 9.17) is 16.7 Å². The largest absolute Gasteiger partial charge is 0.319 e. The third-order valence-corrected chi connectivity index (χ3v) is 3.78. The summed E-state index contributed by atoms with van der Waals surface area (Å²) in [5, 5.41) is 9.98. The number of rotatable bonds is 10. The van der Waals surface area contributed by atoms with E-state index in [9.17, 15) is 0 Å². The summed E-state index contributed by atoms with van der Waals surface area (Å²) in [6, 6.07) is 10.1. The van der Waals surface area contributed by atoms with Crippen LogP contribution in [-0.2, 0) is 0 Å². The lowest BCUT2D eigenvalue weighted by molar-refractivity contribution is 0.811. The standard InChI is InChI=1S/C20H28ClN3.C2H2/c1-5-18(11-10-15-21)17(3)24(20-12-8-7-9-13-20)23-19(6-2)14-16-22-4;1-2/h5,7-13,22H,3,6,14-16H2,1-2,4H3;1-2H/b11-10-,18-5+,23-19+;. The lowest BCUT2D eigenvalue weighted by Gasteiger charge is -2.24. The van der Waals surface area contributed by atoms with Crippen LogP contribution in [0.2, 0.25) is 0 Å². The van der Waals surface area contributed by atoms with Crippen LogP contribution >= 0.6 is 11.6 Å². The van der Waals surface area contributed by atoms with Gasteiger partial charge in [0.05, 0.1) is 11.4 Å². The normalized spacial score (nSPS) is 11.8. The second-order valence-corrected chi connectivity index (χ2v) is 5.58. The molecule has 1 aromatic carbocycles. The Morgan fingerprint density at radius 1 is 1.31 bits per heavy atom. The molecule has 0 saturated carbocycles. The van der Waals surface area contributed by atoms with Crippen molar-refractivity contribution in [2.75, 3.05) is 24.5 Å². The maximum atomic E-state index is 5.78. The Hall–Kier alpha value is -2.28. The van der Waals surface area contributed by atoms with Crippen molar-refractivity contribution in [3.63, 3.8) is 0 Å². The summed E-state index contributed by atoms with van der Waals surface area (Å²) in [7, 11) is 1.95. The lowest BCUT2D eigenvalue weighted by atomic mass is 10.1. The molecule has 0 amide bonds. The average molecular weight is 372 g/mol. The molecule has 0 unspecified atom stereocenters. The summed E-state index contributed by atoms with van der Waals surface area (Å²) in [6.45, 7) is 9.29. The van der Waals surface area contributed by atoms with Crippen molar-refractivity contribution in [3.8, 4) is 12.8 Å². The molecule has 0 bridgehead atoms. The SMILES string of the molecule is C#C.C=C(C(/C=C\CCl)=C/C)N(/N=C(\CC)CCNC)c1ccccc1. The van der Waals surface area contributed by atoms with Gasteiger partial charge in [-0.05, 0) is 44.5 Å². The van der Waals surface area contributed by atoms with E-state index < -0.39 is 0 Å². The zero-order chi connectivity index (χ0) is 19.8. The Morgan fingerprint density at radius 3 is 2.46 bits per heavy atom. The van der Waals surface area contributed by atoms with Crippen molar-refractivity contribution < 1.29 is 0 Å². The van der Waals surface area contributed by atoms with Crippen LogP contribution in [0.15, 0.2) is 71.5 Å². The number of nitrogens with zero attached hydrogens (tertiary/aromatic N) is 2. The molecule has 4 heteroatoms. The number of allylic oxidation sites excluding steroid dienone is 3. The third kappa shape index (κ3) is 8.20. The fraction of sp³-hybridized carbons (Fsp3) is 0.318. The van der Waals surface area contributed by atoms with Crippen LogP contribution in [0.1, 0.15) is 26.7 Å². The van der Waals surface area contributed by atoms with Crippen molar-refractivity contribution in [1.29, 1.82) is 0 Å². The molecule has 0 atom stereocenters.